The highest BCUT2D eigenvalue weighted by molar-refractivity contribution is 8.13. The van der Waals surface area contributed by atoms with Crippen molar-refractivity contribution >= 4 is 81.2 Å². The molecule has 1 aliphatic rings. The summed E-state index contributed by atoms with van der Waals surface area (Å²) in [6.07, 6.45) is 2.57. The van der Waals surface area contributed by atoms with Gasteiger partial charge in [0.2, 0.25) is 0 Å². The van der Waals surface area contributed by atoms with Crippen LogP contribution in [0.15, 0.2) is 4.99 Å². The first kappa shape index (κ1) is 26.6. The maximum atomic E-state index is 11.9. The zero-order chi connectivity index (χ0) is 25.4. The summed E-state index contributed by atoms with van der Waals surface area (Å²) in [6, 6.07) is 0. The number of guanidine groups is 1. The SMILES string of the molecule is CSC(=N)NC(=O)c1nc(Cl)c(N)nc1N.Nc1nc(N)c(C(=O)NC2=NCCCN2)nc1Cl. The van der Waals surface area contributed by atoms with E-state index in [9.17, 15) is 9.59 Å². The molecule has 2 aromatic heterocycles. The molecular formula is C16H21Cl2N13O2S. The highest BCUT2D eigenvalue weighted by Gasteiger charge is 2.18. The number of carbonyl (C=O) groups excluding carboxylic acids is 2. The van der Waals surface area contributed by atoms with Crippen LogP contribution in [0.1, 0.15) is 27.4 Å². The van der Waals surface area contributed by atoms with Gasteiger partial charge in [0.05, 0.1) is 0 Å². The summed E-state index contributed by atoms with van der Waals surface area (Å²) in [7, 11) is 0. The lowest BCUT2D eigenvalue weighted by molar-refractivity contribution is 0.0964. The zero-order valence-corrected chi connectivity index (χ0v) is 20.0. The van der Waals surface area contributed by atoms with Crippen LogP contribution in [-0.2, 0) is 0 Å². The molecule has 0 fully saturated rings. The van der Waals surface area contributed by atoms with E-state index in [-0.39, 0.29) is 50.1 Å². The molecule has 18 heteroatoms. The van der Waals surface area contributed by atoms with E-state index in [1.807, 2.05) is 0 Å². The van der Waals surface area contributed by atoms with Crippen molar-refractivity contribution in [3.8, 4) is 0 Å². The largest absolute Gasteiger partial charge is 0.382 e. The molecule has 0 spiro atoms. The van der Waals surface area contributed by atoms with Crippen LogP contribution in [0.25, 0.3) is 0 Å². The van der Waals surface area contributed by atoms with Gasteiger partial charge in [-0.3, -0.25) is 25.3 Å². The molecule has 2 amide bonds. The molecule has 0 bridgehead atoms. The van der Waals surface area contributed by atoms with Crippen LogP contribution in [0.3, 0.4) is 0 Å². The molecule has 34 heavy (non-hydrogen) atoms. The predicted octanol–water partition coefficient (Wildman–Crippen LogP) is -0.305. The first-order valence-electron chi connectivity index (χ1n) is 9.24. The molecule has 12 N–H and O–H groups in total. The van der Waals surface area contributed by atoms with E-state index < -0.39 is 11.8 Å². The lowest BCUT2D eigenvalue weighted by Crippen LogP contribution is -2.44. The van der Waals surface area contributed by atoms with Crippen molar-refractivity contribution in [2.24, 2.45) is 4.99 Å². The van der Waals surface area contributed by atoms with Gasteiger partial charge in [-0.1, -0.05) is 35.0 Å². The average molecular weight is 530 g/mol. The first-order chi connectivity index (χ1) is 16.0. The van der Waals surface area contributed by atoms with Crippen LogP contribution in [0.5, 0.6) is 0 Å². The Morgan fingerprint density at radius 2 is 1.47 bits per heavy atom. The minimum atomic E-state index is -0.647. The fourth-order valence-electron chi connectivity index (χ4n) is 2.21. The minimum absolute atomic E-state index is 0.0150. The van der Waals surface area contributed by atoms with E-state index in [1.54, 1.807) is 6.26 Å². The van der Waals surface area contributed by atoms with Crippen molar-refractivity contribution in [1.82, 2.24) is 35.9 Å². The van der Waals surface area contributed by atoms with Crippen LogP contribution < -0.4 is 38.9 Å². The number of nitrogen functional groups attached to an aromatic ring is 4. The number of nitrogens with zero attached hydrogens (tertiary/aromatic N) is 5. The molecule has 0 radical (unpaired) electrons. The van der Waals surface area contributed by atoms with Crippen LogP contribution in [-0.4, -0.2) is 62.2 Å². The molecule has 182 valence electrons. The Morgan fingerprint density at radius 3 is 1.94 bits per heavy atom. The van der Waals surface area contributed by atoms with Crippen molar-refractivity contribution in [1.29, 1.82) is 5.41 Å². The van der Waals surface area contributed by atoms with Crippen molar-refractivity contribution in [2.45, 2.75) is 6.42 Å². The molecule has 3 heterocycles. The number of nitrogens with one attached hydrogen (secondary N) is 4. The van der Waals surface area contributed by atoms with Crippen LogP contribution in [0, 0.1) is 5.41 Å². The lowest BCUT2D eigenvalue weighted by Gasteiger charge is -2.15. The molecule has 1 aliphatic heterocycles. The molecule has 0 aromatic carbocycles. The van der Waals surface area contributed by atoms with E-state index in [2.05, 4.69) is 40.9 Å². The second-order valence-corrected chi connectivity index (χ2v) is 7.75. The Balaban J connectivity index is 0.000000242. The summed E-state index contributed by atoms with van der Waals surface area (Å²) in [5.74, 6) is -1.06. The molecule has 2 aromatic rings. The number of thioether (sulfide) groups is 1. The lowest BCUT2D eigenvalue weighted by atomic mass is 10.3. The van der Waals surface area contributed by atoms with Gasteiger partial charge in [-0.05, 0) is 12.7 Å². The number of nitrogens with two attached hydrogens (primary N) is 4. The molecule has 3 rings (SSSR count). The highest BCUT2D eigenvalue weighted by atomic mass is 35.5. The summed E-state index contributed by atoms with van der Waals surface area (Å²) < 4.78 is 0. The number of anilines is 4. The van der Waals surface area contributed by atoms with Crippen molar-refractivity contribution in [3.63, 3.8) is 0 Å². The van der Waals surface area contributed by atoms with Gasteiger partial charge in [-0.15, -0.1) is 0 Å². The number of aromatic nitrogens is 4. The maximum Gasteiger partial charge on any atom is 0.280 e. The topological polar surface area (TPSA) is 262 Å². The second kappa shape index (κ2) is 12.0. The van der Waals surface area contributed by atoms with Gasteiger partial charge >= 0.3 is 0 Å². The Hall–Kier alpha value is -3.63. The Kier molecular flexibility index (Phi) is 9.40. The number of aliphatic imine (C=N–C) groups is 1. The van der Waals surface area contributed by atoms with Crippen LogP contribution >= 0.6 is 35.0 Å². The van der Waals surface area contributed by atoms with Gasteiger partial charge in [0.25, 0.3) is 11.8 Å². The zero-order valence-electron chi connectivity index (χ0n) is 17.6. The monoisotopic (exact) mass is 529 g/mol. The summed E-state index contributed by atoms with van der Waals surface area (Å²) in [5, 5.41) is 14.8. The molecule has 0 saturated heterocycles. The number of rotatable bonds is 2. The maximum absolute atomic E-state index is 11.9. The highest BCUT2D eigenvalue weighted by Crippen LogP contribution is 2.18. The van der Waals surface area contributed by atoms with Gasteiger partial charge in [0, 0.05) is 13.1 Å². The first-order valence-corrected chi connectivity index (χ1v) is 11.2. The number of amidine groups is 1. The fraction of sp³-hybridized carbons (Fsp3) is 0.250. The van der Waals surface area contributed by atoms with Crippen molar-refractivity contribution in [3.05, 3.63) is 21.7 Å². The standard InChI is InChI=1S/C9H12ClN7O.C7H9ClN6OS/c10-5-7(12)16-6(11)4(15-5)8(18)17-9-13-2-1-3-14-9;1-16-7(11)14-6(15)2-4(9)13-5(10)3(8)12-2/h1-3H2,(H4,11,12,16)(H2,13,14,17,18);1H3,(H4,9,10,13)(H2,11,14,15). The Labute approximate surface area is 207 Å². The third kappa shape index (κ3) is 7.19. The average Bonchev–Trinajstić information content (AvgIpc) is 2.79. The Bertz CT molecular complexity index is 1140. The third-order valence-corrected chi connectivity index (χ3v) is 4.87. The smallest absolute Gasteiger partial charge is 0.280 e. The molecule has 0 unspecified atom stereocenters. The molecule has 0 saturated carbocycles. The van der Waals surface area contributed by atoms with Gasteiger partial charge in [0.1, 0.15) is 0 Å². The van der Waals surface area contributed by atoms with Gasteiger partial charge in [-0.2, -0.15) is 0 Å². The van der Waals surface area contributed by atoms with Gasteiger partial charge in [-0.25, -0.2) is 19.9 Å². The number of hydrogen-bond acceptors (Lipinski definition) is 14. The third-order valence-electron chi connectivity index (χ3n) is 3.80. The van der Waals surface area contributed by atoms with E-state index in [1.165, 1.54) is 0 Å². The van der Waals surface area contributed by atoms with Gasteiger partial charge < -0.3 is 33.6 Å². The van der Waals surface area contributed by atoms with E-state index >= 15 is 0 Å². The van der Waals surface area contributed by atoms with Crippen LogP contribution in [0.2, 0.25) is 10.3 Å². The Morgan fingerprint density at radius 1 is 0.941 bits per heavy atom. The number of hydrogen-bond donors (Lipinski definition) is 8. The number of amides is 2. The summed E-state index contributed by atoms with van der Waals surface area (Å²) >= 11 is 12.4. The second-order valence-electron chi connectivity index (χ2n) is 6.22. The summed E-state index contributed by atoms with van der Waals surface area (Å²) in [5.41, 5.74) is 21.6. The number of carbonyl (C=O) groups is 2. The van der Waals surface area contributed by atoms with Crippen molar-refractivity contribution in [2.75, 3.05) is 42.3 Å². The van der Waals surface area contributed by atoms with Gasteiger partial charge in [0.15, 0.2) is 56.1 Å². The predicted molar refractivity (Wildman–Crippen MR) is 133 cm³/mol. The quantitative estimate of drug-likeness (QED) is 0.184. The van der Waals surface area contributed by atoms with Crippen LogP contribution in [0.4, 0.5) is 23.3 Å². The molecule has 15 nitrogen and oxygen atoms in total. The summed E-state index contributed by atoms with van der Waals surface area (Å²) in [6.45, 7) is 1.41. The molecule has 0 atom stereocenters. The summed E-state index contributed by atoms with van der Waals surface area (Å²) in [4.78, 5) is 42.4. The molecule has 0 aliphatic carbocycles. The number of halogens is 2. The van der Waals surface area contributed by atoms with E-state index in [0.29, 0.717) is 12.5 Å². The normalized spacial score (nSPS) is 12.4. The van der Waals surface area contributed by atoms with E-state index in [4.69, 9.17) is 51.5 Å². The molecular weight excluding hydrogens is 509 g/mol. The minimum Gasteiger partial charge on any atom is -0.382 e. The van der Waals surface area contributed by atoms with E-state index in [0.717, 1.165) is 24.7 Å². The fourth-order valence-corrected chi connectivity index (χ4v) is 2.66. The van der Waals surface area contributed by atoms with Crippen molar-refractivity contribution < 1.29 is 9.59 Å².